The number of phenols is 2. The van der Waals surface area contributed by atoms with Gasteiger partial charge in [0, 0.05) is 23.6 Å². The highest BCUT2D eigenvalue weighted by Crippen LogP contribution is 2.48. The molecule has 8 nitrogen and oxygen atoms in total. The molecule has 3 unspecified atom stereocenters. The molecule has 0 spiro atoms. The normalized spacial score (nSPS) is 22.2. The summed E-state index contributed by atoms with van der Waals surface area (Å²) in [6.45, 7) is 0. The highest BCUT2D eigenvalue weighted by Gasteiger charge is 2.47. The van der Waals surface area contributed by atoms with Crippen LogP contribution in [-0.4, -0.2) is 39.5 Å². The number of benzene rings is 2. The fourth-order valence-electron chi connectivity index (χ4n) is 3.57. The number of fused-ring (bicyclic) bond motifs is 1. The monoisotopic (exact) mass is 382 g/mol. The van der Waals surface area contributed by atoms with E-state index in [2.05, 4.69) is 10.6 Å². The number of epoxide rings is 1. The van der Waals surface area contributed by atoms with Crippen LogP contribution in [0.1, 0.15) is 28.3 Å². The van der Waals surface area contributed by atoms with Gasteiger partial charge in [-0.15, -0.1) is 0 Å². The molecule has 3 atom stereocenters. The van der Waals surface area contributed by atoms with Crippen molar-refractivity contribution in [2.24, 2.45) is 0 Å². The predicted molar refractivity (Wildman–Crippen MR) is 101 cm³/mol. The Bertz CT molecular complexity index is 987. The van der Waals surface area contributed by atoms with Crippen molar-refractivity contribution in [3.63, 3.8) is 0 Å². The van der Waals surface area contributed by atoms with Crippen molar-refractivity contribution in [1.29, 1.82) is 0 Å². The second-order valence-electron chi connectivity index (χ2n) is 6.68. The van der Waals surface area contributed by atoms with Crippen molar-refractivity contribution in [2.45, 2.75) is 24.5 Å². The zero-order valence-electron chi connectivity index (χ0n) is 14.6. The van der Waals surface area contributed by atoms with E-state index in [0.29, 0.717) is 5.56 Å². The van der Waals surface area contributed by atoms with Gasteiger partial charge in [-0.1, -0.05) is 24.3 Å². The van der Waals surface area contributed by atoms with Crippen LogP contribution in [0.25, 0.3) is 0 Å². The van der Waals surface area contributed by atoms with E-state index >= 15 is 0 Å². The number of anilines is 2. The van der Waals surface area contributed by atoms with Crippen LogP contribution in [-0.2, 0) is 4.74 Å². The number of para-hydroxylation sites is 1. The van der Waals surface area contributed by atoms with Crippen LogP contribution in [0.3, 0.4) is 0 Å². The molecule has 8 heteroatoms. The molecule has 0 saturated carbocycles. The number of hydrogen-bond acceptors (Lipinski definition) is 5. The maximum absolute atomic E-state index is 12.7. The summed E-state index contributed by atoms with van der Waals surface area (Å²) in [6.07, 6.45) is 3.28. The van der Waals surface area contributed by atoms with E-state index in [4.69, 9.17) is 4.74 Å². The first-order chi connectivity index (χ1) is 13.4. The number of aromatic hydroxyl groups is 2. The van der Waals surface area contributed by atoms with Gasteiger partial charge in [-0.25, -0.2) is 4.79 Å². The van der Waals surface area contributed by atoms with Crippen molar-refractivity contribution >= 4 is 23.4 Å². The minimum Gasteiger partial charge on any atom is -0.508 e. The van der Waals surface area contributed by atoms with Crippen LogP contribution in [0.4, 0.5) is 16.2 Å². The Labute approximate surface area is 160 Å². The summed E-state index contributed by atoms with van der Waals surface area (Å²) in [5.74, 6) is -1.28. The second-order valence-corrected chi connectivity index (χ2v) is 6.68. The first-order valence-corrected chi connectivity index (χ1v) is 8.72. The summed E-state index contributed by atoms with van der Waals surface area (Å²) < 4.78 is 5.65. The van der Waals surface area contributed by atoms with Crippen LogP contribution in [0.15, 0.2) is 48.6 Å². The third kappa shape index (κ3) is 3.37. The number of carbonyl (C=O) groups is 2. The lowest BCUT2D eigenvalue weighted by molar-refractivity contribution is 0.102. The lowest BCUT2D eigenvalue weighted by Crippen LogP contribution is -2.20. The van der Waals surface area contributed by atoms with E-state index in [1.54, 1.807) is 12.1 Å². The molecule has 1 aliphatic heterocycles. The van der Waals surface area contributed by atoms with Crippen molar-refractivity contribution in [1.82, 2.24) is 0 Å². The number of carbonyl (C=O) groups excluding carboxylic acids is 1. The van der Waals surface area contributed by atoms with E-state index in [9.17, 15) is 24.9 Å². The van der Waals surface area contributed by atoms with Gasteiger partial charge in [0.15, 0.2) is 0 Å². The minimum atomic E-state index is -1.29. The van der Waals surface area contributed by atoms with E-state index in [1.165, 1.54) is 24.3 Å². The molecule has 1 saturated heterocycles. The summed E-state index contributed by atoms with van der Waals surface area (Å²) in [4.78, 5) is 23.9. The number of amides is 2. The van der Waals surface area contributed by atoms with Crippen molar-refractivity contribution in [3.8, 4) is 11.5 Å². The molecule has 2 amide bonds. The Morgan fingerprint density at radius 3 is 2.50 bits per heavy atom. The average Bonchev–Trinajstić information content (AvgIpc) is 3.41. The summed E-state index contributed by atoms with van der Waals surface area (Å²) in [5, 5.41) is 34.1. The lowest BCUT2D eigenvalue weighted by atomic mass is 9.86. The molecular formula is C20H18N2O6. The smallest absolute Gasteiger partial charge is 0.409 e. The molecule has 0 bridgehead atoms. The average molecular weight is 382 g/mol. The summed E-state index contributed by atoms with van der Waals surface area (Å²) >= 11 is 0. The number of ether oxygens (including phenoxy) is 1. The molecule has 1 heterocycles. The zero-order valence-corrected chi connectivity index (χ0v) is 14.6. The number of phenolic OH excluding ortho intramolecular Hbond substituents is 2. The molecule has 4 rings (SSSR count). The summed E-state index contributed by atoms with van der Waals surface area (Å²) in [7, 11) is 0. The highest BCUT2D eigenvalue weighted by atomic mass is 16.6. The van der Waals surface area contributed by atoms with Gasteiger partial charge in [0.05, 0.1) is 29.1 Å². The quantitative estimate of drug-likeness (QED) is 0.407. The fraction of sp³-hybridized carbons (Fsp3) is 0.200. The minimum absolute atomic E-state index is 0.0585. The van der Waals surface area contributed by atoms with E-state index in [0.717, 1.165) is 6.42 Å². The highest BCUT2D eigenvalue weighted by molar-refractivity contribution is 6.07. The molecule has 0 aromatic heterocycles. The van der Waals surface area contributed by atoms with Gasteiger partial charge in [0.2, 0.25) is 0 Å². The fourth-order valence-corrected chi connectivity index (χ4v) is 3.57. The third-order valence-electron chi connectivity index (χ3n) is 4.82. The molecule has 1 fully saturated rings. The molecular weight excluding hydrogens is 364 g/mol. The summed E-state index contributed by atoms with van der Waals surface area (Å²) in [5.41, 5.74) is 0.949. The Hall–Kier alpha value is -3.52. The Morgan fingerprint density at radius 1 is 1.07 bits per heavy atom. The molecule has 2 aliphatic rings. The van der Waals surface area contributed by atoms with Gasteiger partial charge in [-0.2, -0.15) is 0 Å². The van der Waals surface area contributed by atoms with Crippen molar-refractivity contribution < 1.29 is 29.6 Å². The van der Waals surface area contributed by atoms with Crippen LogP contribution < -0.4 is 10.6 Å². The molecule has 28 heavy (non-hydrogen) atoms. The van der Waals surface area contributed by atoms with Gasteiger partial charge in [-0.05, 0) is 18.6 Å². The topological polar surface area (TPSA) is 131 Å². The Kier molecular flexibility index (Phi) is 4.40. The molecule has 2 aromatic carbocycles. The SMILES string of the molecule is O=C(O)Nc1cc(O)cc(NC(=O)c2ccccc2O)c1C1C=CCC2OC21. The largest absolute Gasteiger partial charge is 0.508 e. The molecule has 5 N–H and O–H groups in total. The maximum Gasteiger partial charge on any atom is 0.409 e. The van der Waals surface area contributed by atoms with Gasteiger partial charge in [0.1, 0.15) is 11.5 Å². The van der Waals surface area contributed by atoms with Crippen molar-refractivity contribution in [2.75, 3.05) is 10.6 Å². The predicted octanol–water partition coefficient (Wildman–Crippen LogP) is 3.25. The molecule has 2 aromatic rings. The first kappa shape index (κ1) is 17.9. The number of hydrogen-bond donors (Lipinski definition) is 5. The Morgan fingerprint density at radius 2 is 1.79 bits per heavy atom. The number of rotatable bonds is 4. The molecule has 144 valence electrons. The zero-order chi connectivity index (χ0) is 19.8. The standard InChI is InChI=1S/C20H18N2O6/c23-10-8-13(21-19(25)11-4-1-2-6-15(11)24)17(14(9-10)22-20(26)27)12-5-3-7-16-18(12)28-16/h1-6,8-9,12,16,18,22-24H,7H2,(H,21,25)(H,26,27). The van der Waals surface area contributed by atoms with Crippen LogP contribution >= 0.6 is 0 Å². The van der Waals surface area contributed by atoms with E-state index in [1.807, 2.05) is 12.2 Å². The maximum atomic E-state index is 12.7. The first-order valence-electron chi connectivity index (χ1n) is 8.72. The molecule has 0 radical (unpaired) electrons. The van der Waals surface area contributed by atoms with Gasteiger partial charge >= 0.3 is 6.09 Å². The summed E-state index contributed by atoms with van der Waals surface area (Å²) in [6, 6.07) is 8.70. The van der Waals surface area contributed by atoms with Gasteiger partial charge in [0.25, 0.3) is 5.91 Å². The third-order valence-corrected chi connectivity index (χ3v) is 4.82. The van der Waals surface area contributed by atoms with E-state index in [-0.39, 0.29) is 46.6 Å². The number of carboxylic acid groups (broad SMARTS) is 1. The van der Waals surface area contributed by atoms with E-state index < -0.39 is 12.0 Å². The molecule has 1 aliphatic carbocycles. The lowest BCUT2D eigenvalue weighted by Gasteiger charge is -2.22. The van der Waals surface area contributed by atoms with Gasteiger partial charge in [-0.3, -0.25) is 10.1 Å². The van der Waals surface area contributed by atoms with Crippen molar-refractivity contribution in [3.05, 3.63) is 59.7 Å². The van der Waals surface area contributed by atoms with Crippen LogP contribution in [0, 0.1) is 0 Å². The van der Waals surface area contributed by atoms with Gasteiger partial charge < -0.3 is 25.4 Å². The number of nitrogens with one attached hydrogen (secondary N) is 2. The second kappa shape index (κ2) is 6.90. The van der Waals surface area contributed by atoms with Crippen LogP contribution in [0.2, 0.25) is 0 Å². The van der Waals surface area contributed by atoms with Crippen LogP contribution in [0.5, 0.6) is 11.5 Å². The Balaban J connectivity index is 1.77.